The molecule has 0 aliphatic carbocycles. The summed E-state index contributed by atoms with van der Waals surface area (Å²) >= 11 is 0. The molecule has 1 aliphatic rings. The molecule has 3 atom stereocenters. The maximum Gasteiger partial charge on any atom is 0.232 e. The van der Waals surface area contributed by atoms with Gasteiger partial charge in [0, 0.05) is 32.4 Å². The van der Waals surface area contributed by atoms with E-state index in [0.29, 0.717) is 57.0 Å². The molecule has 1 aromatic rings. The second-order valence-electron chi connectivity index (χ2n) is 11.4. The van der Waals surface area contributed by atoms with E-state index in [9.17, 15) is 9.59 Å². The molecule has 1 aromatic heterocycles. The van der Waals surface area contributed by atoms with Crippen LogP contribution in [0.3, 0.4) is 0 Å². The fourth-order valence-corrected chi connectivity index (χ4v) is 5.00. The largest absolute Gasteiger partial charge is 0.380 e. The lowest BCUT2D eigenvalue weighted by atomic mass is 9.88. The average molecular weight is 503 g/mol. The molecule has 3 unspecified atom stereocenters. The van der Waals surface area contributed by atoms with Gasteiger partial charge in [-0.05, 0) is 61.1 Å². The van der Waals surface area contributed by atoms with E-state index in [1.165, 1.54) is 11.1 Å². The Morgan fingerprint density at radius 3 is 2.39 bits per heavy atom. The smallest absolute Gasteiger partial charge is 0.232 e. The summed E-state index contributed by atoms with van der Waals surface area (Å²) in [6.45, 7) is 19.9. The monoisotopic (exact) mass is 502 g/mol. The summed E-state index contributed by atoms with van der Waals surface area (Å²) in [7, 11) is 0. The third-order valence-electron chi connectivity index (χ3n) is 6.80. The minimum atomic E-state index is -0.264. The Morgan fingerprint density at radius 1 is 1.11 bits per heavy atom. The molecule has 2 N–H and O–H groups in total. The lowest BCUT2D eigenvalue weighted by Crippen LogP contribution is -2.52. The van der Waals surface area contributed by atoms with Gasteiger partial charge in [0.15, 0.2) is 0 Å². The summed E-state index contributed by atoms with van der Waals surface area (Å²) in [5, 5.41) is 6.55. The lowest BCUT2D eigenvalue weighted by molar-refractivity contribution is -0.129. The first kappa shape index (κ1) is 30.2. The van der Waals surface area contributed by atoms with Crippen molar-refractivity contribution in [1.29, 1.82) is 0 Å². The molecular weight excluding hydrogens is 452 g/mol. The highest BCUT2D eigenvalue weighted by atomic mass is 16.5. The molecule has 0 aromatic carbocycles. The van der Waals surface area contributed by atoms with E-state index in [1.807, 2.05) is 18.0 Å². The number of nitrogens with one attached hydrogen (secondary N) is 2. The number of ether oxygens (including phenoxy) is 1. The van der Waals surface area contributed by atoms with E-state index in [1.54, 1.807) is 0 Å². The maximum absolute atomic E-state index is 13.8. The standard InChI is InChI=1S/C29H50N4O3/c1-9-22-13-27(31-16-26(22)21(7)8)33(17-20(5)6)29(35)24-12-23(14-30-15-24)28(34)32-25(11-19(3)4)18-36-10-2/h13,16,19-21,23-25,30H,9-12,14-15,17-18H2,1-8H3,(H,32,34). The third kappa shape index (κ3) is 8.84. The van der Waals surface area contributed by atoms with Crippen LogP contribution in [0, 0.1) is 23.7 Å². The highest BCUT2D eigenvalue weighted by Gasteiger charge is 2.35. The second-order valence-corrected chi connectivity index (χ2v) is 11.4. The molecule has 1 saturated heterocycles. The zero-order valence-electron chi connectivity index (χ0n) is 23.9. The Morgan fingerprint density at radius 2 is 1.81 bits per heavy atom. The van der Waals surface area contributed by atoms with Gasteiger partial charge in [0.2, 0.25) is 11.8 Å². The number of piperidine rings is 1. The predicted molar refractivity (Wildman–Crippen MR) is 147 cm³/mol. The van der Waals surface area contributed by atoms with Gasteiger partial charge < -0.3 is 15.4 Å². The number of aromatic nitrogens is 1. The van der Waals surface area contributed by atoms with Crippen LogP contribution in [0.1, 0.15) is 85.3 Å². The number of rotatable bonds is 13. The molecule has 0 bridgehead atoms. The van der Waals surface area contributed by atoms with Crippen LogP contribution in [0.15, 0.2) is 12.3 Å². The van der Waals surface area contributed by atoms with Crippen LogP contribution < -0.4 is 15.5 Å². The van der Waals surface area contributed by atoms with E-state index in [0.717, 1.165) is 18.7 Å². The molecule has 2 heterocycles. The van der Waals surface area contributed by atoms with Gasteiger partial charge in [0.1, 0.15) is 5.82 Å². The predicted octanol–water partition coefficient (Wildman–Crippen LogP) is 4.55. The Labute approximate surface area is 219 Å². The number of anilines is 1. The van der Waals surface area contributed by atoms with Crippen molar-refractivity contribution in [3.8, 4) is 0 Å². The van der Waals surface area contributed by atoms with Crippen LogP contribution in [0.5, 0.6) is 0 Å². The van der Waals surface area contributed by atoms with Crippen LogP contribution in [0.4, 0.5) is 5.82 Å². The van der Waals surface area contributed by atoms with Crippen molar-refractivity contribution in [1.82, 2.24) is 15.6 Å². The van der Waals surface area contributed by atoms with E-state index in [4.69, 9.17) is 9.72 Å². The van der Waals surface area contributed by atoms with Gasteiger partial charge >= 0.3 is 0 Å². The summed E-state index contributed by atoms with van der Waals surface area (Å²) in [5.41, 5.74) is 2.47. The summed E-state index contributed by atoms with van der Waals surface area (Å²) in [6, 6.07) is 2.07. The van der Waals surface area contributed by atoms with Crippen LogP contribution in [-0.2, 0) is 20.7 Å². The van der Waals surface area contributed by atoms with Crippen molar-refractivity contribution in [3.05, 3.63) is 23.4 Å². The number of hydrogen-bond donors (Lipinski definition) is 2. The Hall–Kier alpha value is -1.99. The Kier molecular flexibility index (Phi) is 12.3. The summed E-state index contributed by atoms with van der Waals surface area (Å²) in [4.78, 5) is 33.6. The van der Waals surface area contributed by atoms with Gasteiger partial charge in [0.05, 0.1) is 24.5 Å². The van der Waals surface area contributed by atoms with E-state index in [-0.39, 0.29) is 29.7 Å². The average Bonchev–Trinajstić information content (AvgIpc) is 2.84. The second kappa shape index (κ2) is 14.7. The van der Waals surface area contributed by atoms with Gasteiger partial charge in [-0.2, -0.15) is 0 Å². The fraction of sp³-hybridized carbons (Fsp3) is 0.759. The molecule has 204 valence electrons. The van der Waals surface area contributed by atoms with Crippen LogP contribution in [-0.4, -0.2) is 55.7 Å². The van der Waals surface area contributed by atoms with Crippen molar-refractivity contribution in [3.63, 3.8) is 0 Å². The molecule has 7 nitrogen and oxygen atoms in total. The molecule has 1 aliphatic heterocycles. The topological polar surface area (TPSA) is 83.6 Å². The molecule has 7 heteroatoms. The van der Waals surface area contributed by atoms with Crippen molar-refractivity contribution < 1.29 is 14.3 Å². The molecule has 0 spiro atoms. The highest BCUT2D eigenvalue weighted by Crippen LogP contribution is 2.27. The summed E-state index contributed by atoms with van der Waals surface area (Å²) in [6.07, 6.45) is 4.25. The van der Waals surface area contributed by atoms with Gasteiger partial charge in [0.25, 0.3) is 0 Å². The zero-order chi connectivity index (χ0) is 26.8. The minimum absolute atomic E-state index is 0.00782. The highest BCUT2D eigenvalue weighted by molar-refractivity contribution is 5.95. The Bertz CT molecular complexity index is 840. The number of carbonyl (C=O) groups is 2. The van der Waals surface area contributed by atoms with Crippen molar-refractivity contribution in [2.24, 2.45) is 23.7 Å². The molecule has 1 fully saturated rings. The molecule has 2 amide bonds. The first-order valence-electron chi connectivity index (χ1n) is 14.0. The summed E-state index contributed by atoms with van der Waals surface area (Å²) < 4.78 is 5.61. The van der Waals surface area contributed by atoms with Gasteiger partial charge in [-0.1, -0.05) is 48.5 Å². The molecule has 0 saturated carbocycles. The first-order valence-corrected chi connectivity index (χ1v) is 14.0. The maximum atomic E-state index is 13.8. The van der Waals surface area contributed by atoms with Gasteiger partial charge in [-0.3, -0.25) is 14.5 Å². The minimum Gasteiger partial charge on any atom is -0.380 e. The Balaban J connectivity index is 2.18. The fourth-order valence-electron chi connectivity index (χ4n) is 5.00. The lowest BCUT2D eigenvalue weighted by Gasteiger charge is -2.34. The van der Waals surface area contributed by atoms with Gasteiger partial charge in [-0.15, -0.1) is 0 Å². The number of pyridine rings is 1. The number of carbonyl (C=O) groups excluding carboxylic acids is 2. The van der Waals surface area contributed by atoms with Crippen LogP contribution in [0.2, 0.25) is 0 Å². The normalized spacial score (nSPS) is 19.1. The molecule has 0 radical (unpaired) electrons. The van der Waals surface area contributed by atoms with Crippen molar-refractivity contribution in [2.75, 3.05) is 37.7 Å². The number of nitrogens with zero attached hydrogens (tertiary/aromatic N) is 2. The van der Waals surface area contributed by atoms with E-state index in [2.05, 4.69) is 65.2 Å². The van der Waals surface area contributed by atoms with Gasteiger partial charge in [-0.25, -0.2) is 4.98 Å². The number of hydrogen-bond acceptors (Lipinski definition) is 5. The summed E-state index contributed by atoms with van der Waals surface area (Å²) in [5.74, 6) is 1.42. The van der Waals surface area contributed by atoms with Crippen LogP contribution in [0.25, 0.3) is 0 Å². The SMILES string of the molecule is CCOCC(CC(C)C)NC(=O)C1CNCC(C(=O)N(CC(C)C)c2cc(CC)c(C(C)C)cn2)C1. The van der Waals surface area contributed by atoms with Crippen molar-refractivity contribution >= 4 is 17.6 Å². The molecule has 36 heavy (non-hydrogen) atoms. The number of amides is 2. The van der Waals surface area contributed by atoms with Crippen LogP contribution >= 0.6 is 0 Å². The zero-order valence-corrected chi connectivity index (χ0v) is 23.9. The quantitative estimate of drug-likeness (QED) is 0.413. The van der Waals surface area contributed by atoms with E-state index < -0.39 is 0 Å². The van der Waals surface area contributed by atoms with E-state index >= 15 is 0 Å². The third-order valence-corrected chi connectivity index (χ3v) is 6.80. The first-order chi connectivity index (χ1) is 17.1. The van der Waals surface area contributed by atoms with Crippen molar-refractivity contribution in [2.45, 2.75) is 86.6 Å². The molecular formula is C29H50N4O3. The number of aryl methyl sites for hydroxylation is 1. The molecule has 2 rings (SSSR count).